The van der Waals surface area contributed by atoms with Crippen molar-refractivity contribution in [2.45, 2.75) is 19.1 Å². The van der Waals surface area contributed by atoms with Gasteiger partial charge in [-0.25, -0.2) is 0 Å². The van der Waals surface area contributed by atoms with Crippen molar-refractivity contribution in [1.82, 2.24) is 0 Å². The van der Waals surface area contributed by atoms with E-state index >= 15 is 0 Å². The molecule has 1 aromatic heterocycles. The van der Waals surface area contributed by atoms with Gasteiger partial charge in [0.05, 0.1) is 0 Å². The molecule has 0 bridgehead atoms. The number of aliphatic hydroxyl groups excluding tert-OH is 1. The van der Waals surface area contributed by atoms with Gasteiger partial charge in [-0.1, -0.05) is 31.2 Å². The van der Waals surface area contributed by atoms with Crippen LogP contribution in [0, 0.1) is 5.92 Å². The highest BCUT2D eigenvalue weighted by molar-refractivity contribution is 6.04. The molecule has 0 amide bonds. The van der Waals surface area contributed by atoms with Crippen LogP contribution in [0.5, 0.6) is 0 Å². The number of benzene rings is 2. The second-order valence-electron chi connectivity index (χ2n) is 5.68. The minimum absolute atomic E-state index is 0. The molecule has 0 saturated heterocycles. The van der Waals surface area contributed by atoms with E-state index in [0.717, 1.165) is 27.5 Å². The van der Waals surface area contributed by atoms with Crippen LogP contribution >= 0.6 is 12.4 Å². The molecule has 4 nitrogen and oxygen atoms in total. The Kier molecular flexibility index (Phi) is 4.78. The maximum atomic E-state index is 10.3. The number of rotatable bonds is 4. The van der Waals surface area contributed by atoms with Crippen LogP contribution in [0.2, 0.25) is 0 Å². The first-order chi connectivity index (χ1) is 10.0. The highest BCUT2D eigenvalue weighted by Gasteiger charge is 2.29. The molecule has 118 valence electrons. The van der Waals surface area contributed by atoms with Crippen LogP contribution in [-0.2, 0) is 6.42 Å². The van der Waals surface area contributed by atoms with E-state index in [4.69, 9.17) is 10.2 Å². The van der Waals surface area contributed by atoms with E-state index < -0.39 is 11.6 Å². The number of halogens is 1. The third-order valence-corrected chi connectivity index (χ3v) is 4.06. The first-order valence-electron chi connectivity index (χ1n) is 7.03. The maximum absolute atomic E-state index is 10.3. The highest BCUT2D eigenvalue weighted by Crippen LogP contribution is 2.30. The summed E-state index contributed by atoms with van der Waals surface area (Å²) in [5.74, 6) is -0.394. The quantitative estimate of drug-likeness (QED) is 0.646. The van der Waals surface area contributed by atoms with E-state index in [9.17, 15) is 10.2 Å². The van der Waals surface area contributed by atoms with Crippen molar-refractivity contribution in [2.24, 2.45) is 11.7 Å². The molecule has 0 fully saturated rings. The number of para-hydroxylation sites is 1. The Labute approximate surface area is 134 Å². The van der Waals surface area contributed by atoms with Crippen molar-refractivity contribution in [3.8, 4) is 0 Å². The zero-order chi connectivity index (χ0) is 15.0. The van der Waals surface area contributed by atoms with Gasteiger partial charge in [-0.15, -0.1) is 12.4 Å². The van der Waals surface area contributed by atoms with Gasteiger partial charge in [0.25, 0.3) is 0 Å². The summed E-state index contributed by atoms with van der Waals surface area (Å²) < 4.78 is 5.77. The van der Waals surface area contributed by atoms with Gasteiger partial charge in [0.1, 0.15) is 16.9 Å². The molecule has 3 aromatic rings. The lowest BCUT2D eigenvalue weighted by atomic mass is 9.91. The fourth-order valence-corrected chi connectivity index (χ4v) is 2.54. The largest absolute Gasteiger partial charge is 0.456 e. The normalized spacial score (nSPS) is 15.5. The number of hydrogen-bond acceptors (Lipinski definition) is 4. The minimum atomic E-state index is -1.43. The third kappa shape index (κ3) is 2.96. The number of furan rings is 1. The Morgan fingerprint density at radius 2 is 1.82 bits per heavy atom. The summed E-state index contributed by atoms with van der Waals surface area (Å²) in [7, 11) is 0. The Bertz CT molecular complexity index is 782. The second-order valence-corrected chi connectivity index (χ2v) is 5.68. The zero-order valence-electron chi connectivity index (χ0n) is 12.3. The lowest BCUT2D eigenvalue weighted by molar-refractivity contribution is -0.0265. The Hall–Kier alpha value is -1.59. The summed E-state index contributed by atoms with van der Waals surface area (Å²) in [5.41, 5.74) is 7.05. The van der Waals surface area contributed by atoms with E-state index in [2.05, 4.69) is 0 Å². The summed E-state index contributed by atoms with van der Waals surface area (Å²) >= 11 is 0. The van der Waals surface area contributed by atoms with Gasteiger partial charge in [0.15, 0.2) is 0 Å². The highest BCUT2D eigenvalue weighted by atomic mass is 35.5. The fraction of sp³-hybridized carbons (Fsp3) is 0.294. The molecule has 5 heteroatoms. The molecule has 2 aromatic carbocycles. The van der Waals surface area contributed by atoms with Crippen molar-refractivity contribution in [3.05, 3.63) is 48.0 Å². The minimum Gasteiger partial charge on any atom is -0.456 e. The van der Waals surface area contributed by atoms with Gasteiger partial charge in [0.2, 0.25) is 0 Å². The van der Waals surface area contributed by atoms with Crippen LogP contribution in [0.4, 0.5) is 0 Å². The number of hydrogen-bond donors (Lipinski definition) is 3. The fourth-order valence-electron chi connectivity index (χ4n) is 2.54. The molecule has 0 aliphatic rings. The van der Waals surface area contributed by atoms with Gasteiger partial charge in [-0.05, 0) is 23.8 Å². The molecule has 0 aliphatic carbocycles. The Balaban J connectivity index is 0.00000176. The predicted octanol–water partition coefficient (Wildman–Crippen LogP) is 2.83. The molecule has 22 heavy (non-hydrogen) atoms. The molecular weight excluding hydrogens is 302 g/mol. The summed E-state index contributed by atoms with van der Waals surface area (Å²) in [4.78, 5) is 0. The van der Waals surface area contributed by atoms with Crippen molar-refractivity contribution >= 4 is 34.3 Å². The van der Waals surface area contributed by atoms with Crippen LogP contribution in [0.3, 0.4) is 0 Å². The van der Waals surface area contributed by atoms with Crippen molar-refractivity contribution in [1.29, 1.82) is 0 Å². The number of nitrogens with two attached hydrogens (primary N) is 1. The average Bonchev–Trinajstić information content (AvgIpc) is 2.84. The van der Waals surface area contributed by atoms with Crippen LogP contribution in [0.1, 0.15) is 12.5 Å². The van der Waals surface area contributed by atoms with E-state index in [1.54, 1.807) is 6.92 Å². The Morgan fingerprint density at radius 3 is 2.55 bits per heavy atom. The van der Waals surface area contributed by atoms with E-state index in [0.29, 0.717) is 0 Å². The predicted molar refractivity (Wildman–Crippen MR) is 90.1 cm³/mol. The molecule has 3 rings (SSSR count). The molecule has 0 radical (unpaired) electrons. The zero-order valence-corrected chi connectivity index (χ0v) is 13.1. The molecule has 0 saturated carbocycles. The summed E-state index contributed by atoms with van der Waals surface area (Å²) in [5, 5.41) is 21.5. The smallest absolute Gasteiger partial charge is 0.135 e. The first kappa shape index (κ1) is 16.8. The molecular formula is C17H20ClNO3. The number of aliphatic hydroxyl groups is 2. The topological polar surface area (TPSA) is 79.6 Å². The van der Waals surface area contributed by atoms with Crippen LogP contribution in [0.25, 0.3) is 21.9 Å². The Morgan fingerprint density at radius 1 is 1.14 bits per heavy atom. The van der Waals surface area contributed by atoms with Crippen molar-refractivity contribution in [2.75, 3.05) is 6.61 Å². The number of fused-ring (bicyclic) bond motifs is 3. The summed E-state index contributed by atoms with van der Waals surface area (Å²) in [6.45, 7) is 1.58. The van der Waals surface area contributed by atoms with E-state index in [-0.39, 0.29) is 25.4 Å². The monoisotopic (exact) mass is 321 g/mol. The SMILES string of the molecule is CC(CO)C(N)(O)Cc1ccc2oc3ccccc3c2c1.Cl. The molecule has 0 spiro atoms. The summed E-state index contributed by atoms with van der Waals surface area (Å²) in [6.07, 6.45) is 0.282. The molecule has 0 aliphatic heterocycles. The van der Waals surface area contributed by atoms with Crippen LogP contribution < -0.4 is 5.73 Å². The summed E-state index contributed by atoms with van der Waals surface area (Å²) in [6, 6.07) is 13.6. The molecule has 4 N–H and O–H groups in total. The molecule has 1 heterocycles. The van der Waals surface area contributed by atoms with Gasteiger partial charge in [-0.3, -0.25) is 0 Å². The van der Waals surface area contributed by atoms with Gasteiger partial charge >= 0.3 is 0 Å². The van der Waals surface area contributed by atoms with Gasteiger partial charge in [-0.2, -0.15) is 0 Å². The lowest BCUT2D eigenvalue weighted by Crippen LogP contribution is -2.49. The van der Waals surface area contributed by atoms with Crippen LogP contribution in [0.15, 0.2) is 46.9 Å². The van der Waals surface area contributed by atoms with Gasteiger partial charge < -0.3 is 20.4 Å². The van der Waals surface area contributed by atoms with Gasteiger partial charge in [0, 0.05) is 29.7 Å². The van der Waals surface area contributed by atoms with Crippen molar-refractivity contribution in [3.63, 3.8) is 0 Å². The molecule has 2 unspecified atom stereocenters. The molecule has 2 atom stereocenters. The second kappa shape index (κ2) is 6.26. The van der Waals surface area contributed by atoms with Crippen molar-refractivity contribution < 1.29 is 14.6 Å². The average molecular weight is 322 g/mol. The van der Waals surface area contributed by atoms with E-state index in [1.807, 2.05) is 42.5 Å². The van der Waals surface area contributed by atoms with Crippen LogP contribution in [-0.4, -0.2) is 22.5 Å². The standard InChI is InChI=1S/C17H19NO3.ClH/c1-11(10-19)17(18,20)9-12-6-7-16-14(8-12)13-4-2-3-5-15(13)21-16;/h2-8,11,19-20H,9-10,18H2,1H3;1H. The first-order valence-corrected chi connectivity index (χ1v) is 7.03. The lowest BCUT2D eigenvalue weighted by Gasteiger charge is -2.28. The van der Waals surface area contributed by atoms with E-state index in [1.165, 1.54) is 0 Å². The third-order valence-electron chi connectivity index (χ3n) is 4.06. The maximum Gasteiger partial charge on any atom is 0.135 e.